The van der Waals surface area contributed by atoms with Crippen LogP contribution in [0.5, 0.6) is 0 Å². The Balaban J connectivity index is 0.00000578. The molecule has 0 saturated heterocycles. The SMILES string of the molecule is [2H]C([2H])([2H])[C@H](CC)C(=O)O[C@H]1C[C@H](O)C=C2C=C[C@H](C)[C@H](CC[C@@H](O)C[C@@H](O)CC(=O)[O-])[C@H]21.[Na+]. The number of aliphatic hydroxyl groups excluding tert-OH is 3. The van der Waals surface area contributed by atoms with Gasteiger partial charge in [0.25, 0.3) is 0 Å². The number of hydrogen-bond donors (Lipinski definition) is 3. The molecule has 2 aliphatic carbocycles. The first-order chi connectivity index (χ1) is 15.3. The number of hydrogen-bond acceptors (Lipinski definition) is 7. The molecule has 8 atom stereocenters. The molecule has 170 valence electrons. The standard InChI is InChI=1S/C23H36O7.Na/c1-4-13(2)23(29)30-20-11-17(25)9-15-6-5-14(3)19(22(15)20)8-7-16(24)10-18(26)12-21(27)28;/h5-6,9,13-14,16-20,22,24-26H,4,7-8,10-12H2,1-3H3,(H,27,28);/q;+1/p-1/t13-,14+,16-,17-,18-,19+,20+,22+;/m1./s1/i2D3;. The van der Waals surface area contributed by atoms with E-state index in [1.54, 1.807) is 13.0 Å². The molecule has 0 spiro atoms. The third-order valence-corrected chi connectivity index (χ3v) is 6.11. The predicted molar refractivity (Wildman–Crippen MR) is 109 cm³/mol. The zero-order valence-corrected chi connectivity index (χ0v) is 20.6. The Labute approximate surface area is 211 Å². The van der Waals surface area contributed by atoms with E-state index in [0.717, 1.165) is 5.57 Å². The van der Waals surface area contributed by atoms with Gasteiger partial charge in [-0.3, -0.25) is 4.79 Å². The average molecular weight is 450 g/mol. The fourth-order valence-corrected chi connectivity index (χ4v) is 4.48. The van der Waals surface area contributed by atoms with Crippen molar-refractivity contribution in [3.05, 3.63) is 23.8 Å². The molecule has 2 aliphatic rings. The molecule has 7 nitrogen and oxygen atoms in total. The topological polar surface area (TPSA) is 127 Å². The van der Waals surface area contributed by atoms with Crippen molar-refractivity contribution in [3.8, 4) is 0 Å². The number of ether oxygens (including phenoxy) is 1. The molecular weight excluding hydrogens is 411 g/mol. The summed E-state index contributed by atoms with van der Waals surface area (Å²) >= 11 is 0. The van der Waals surface area contributed by atoms with Crippen LogP contribution in [-0.2, 0) is 14.3 Å². The number of aliphatic carboxylic acids is 1. The van der Waals surface area contributed by atoms with E-state index in [-0.39, 0.29) is 66.6 Å². The van der Waals surface area contributed by atoms with E-state index in [9.17, 15) is 30.0 Å². The number of fused-ring (bicyclic) bond motifs is 1. The molecule has 0 unspecified atom stereocenters. The van der Waals surface area contributed by atoms with Gasteiger partial charge in [0.2, 0.25) is 0 Å². The van der Waals surface area contributed by atoms with Gasteiger partial charge in [-0.1, -0.05) is 38.9 Å². The molecule has 0 fully saturated rings. The summed E-state index contributed by atoms with van der Waals surface area (Å²) in [6, 6.07) is 0. The third kappa shape index (κ3) is 8.30. The molecule has 0 radical (unpaired) electrons. The second-order valence-corrected chi connectivity index (χ2v) is 8.51. The van der Waals surface area contributed by atoms with E-state index in [1.165, 1.54) is 0 Å². The number of rotatable bonds is 10. The molecule has 0 heterocycles. The van der Waals surface area contributed by atoms with Gasteiger partial charge in [-0.2, -0.15) is 0 Å². The maximum Gasteiger partial charge on any atom is 1.00 e. The van der Waals surface area contributed by atoms with Gasteiger partial charge < -0.3 is 30.0 Å². The van der Waals surface area contributed by atoms with Gasteiger partial charge >= 0.3 is 35.5 Å². The Morgan fingerprint density at radius 3 is 2.68 bits per heavy atom. The normalized spacial score (nSPS) is 32.1. The van der Waals surface area contributed by atoms with Crippen molar-refractivity contribution < 1.29 is 68.4 Å². The Morgan fingerprint density at radius 1 is 1.35 bits per heavy atom. The Kier molecular flexibility index (Phi) is 9.92. The van der Waals surface area contributed by atoms with Gasteiger partial charge in [0.15, 0.2) is 0 Å². The molecule has 2 rings (SSSR count). The summed E-state index contributed by atoms with van der Waals surface area (Å²) in [6.45, 7) is 1.13. The summed E-state index contributed by atoms with van der Waals surface area (Å²) in [7, 11) is 0. The number of carbonyl (C=O) groups is 2. The quantitative estimate of drug-likeness (QED) is 0.263. The Bertz CT molecular complexity index is 755. The van der Waals surface area contributed by atoms with Gasteiger partial charge in [0.1, 0.15) is 6.10 Å². The van der Waals surface area contributed by atoms with Crippen molar-refractivity contribution in [2.45, 2.75) is 83.6 Å². The maximum absolute atomic E-state index is 12.7. The first-order valence-corrected chi connectivity index (χ1v) is 10.7. The van der Waals surface area contributed by atoms with Crippen LogP contribution < -0.4 is 34.7 Å². The van der Waals surface area contributed by atoms with Gasteiger partial charge in [-0.25, -0.2) is 0 Å². The van der Waals surface area contributed by atoms with Crippen LogP contribution in [0.1, 0.15) is 63.3 Å². The molecule has 0 aromatic carbocycles. The molecule has 0 bridgehead atoms. The smallest absolute Gasteiger partial charge is 0.550 e. The van der Waals surface area contributed by atoms with Crippen molar-refractivity contribution >= 4 is 11.9 Å². The summed E-state index contributed by atoms with van der Waals surface area (Å²) in [5, 5.41) is 41.0. The van der Waals surface area contributed by atoms with Crippen LogP contribution >= 0.6 is 0 Å². The van der Waals surface area contributed by atoms with E-state index in [1.807, 2.05) is 19.1 Å². The van der Waals surface area contributed by atoms with Crippen LogP contribution in [0.15, 0.2) is 23.8 Å². The summed E-state index contributed by atoms with van der Waals surface area (Å²) < 4.78 is 28.5. The fourth-order valence-electron chi connectivity index (χ4n) is 4.48. The molecule has 31 heavy (non-hydrogen) atoms. The van der Waals surface area contributed by atoms with Crippen molar-refractivity contribution in [3.63, 3.8) is 0 Å². The van der Waals surface area contributed by atoms with Gasteiger partial charge in [0, 0.05) is 28.8 Å². The minimum atomic E-state index is -2.48. The minimum Gasteiger partial charge on any atom is -0.550 e. The molecule has 0 aliphatic heterocycles. The molecule has 0 aromatic rings. The summed E-state index contributed by atoms with van der Waals surface area (Å²) in [6.07, 6.45) is 2.36. The van der Waals surface area contributed by atoms with E-state index in [2.05, 4.69) is 0 Å². The first kappa shape index (κ1) is 23.5. The van der Waals surface area contributed by atoms with Crippen molar-refractivity contribution in [2.75, 3.05) is 0 Å². The van der Waals surface area contributed by atoms with Crippen LogP contribution in [-0.4, -0.2) is 51.7 Å². The molecule has 0 saturated carbocycles. The number of allylic oxidation sites excluding steroid dienone is 2. The second-order valence-electron chi connectivity index (χ2n) is 8.51. The van der Waals surface area contributed by atoms with Crippen LogP contribution in [0.2, 0.25) is 0 Å². The zero-order chi connectivity index (χ0) is 24.9. The monoisotopic (exact) mass is 449 g/mol. The van der Waals surface area contributed by atoms with Gasteiger partial charge in [-0.15, -0.1) is 0 Å². The summed E-state index contributed by atoms with van der Waals surface area (Å²) in [5.41, 5.74) is 0.808. The second kappa shape index (κ2) is 13.1. The molecule has 0 amide bonds. The largest absolute Gasteiger partial charge is 1.00 e. The van der Waals surface area contributed by atoms with E-state index in [4.69, 9.17) is 8.85 Å². The number of carboxylic acid groups (broad SMARTS) is 1. The minimum absolute atomic E-state index is 0. The summed E-state index contributed by atoms with van der Waals surface area (Å²) in [5.74, 6) is -3.70. The third-order valence-electron chi connectivity index (χ3n) is 6.11. The Morgan fingerprint density at radius 2 is 2.06 bits per heavy atom. The van der Waals surface area contributed by atoms with Gasteiger partial charge in [0.05, 0.1) is 24.2 Å². The fraction of sp³-hybridized carbons (Fsp3) is 0.739. The molecular formula is C23H35NaO7. The van der Waals surface area contributed by atoms with E-state index >= 15 is 0 Å². The summed E-state index contributed by atoms with van der Waals surface area (Å²) in [4.78, 5) is 23.3. The van der Waals surface area contributed by atoms with Crippen molar-refractivity contribution in [2.24, 2.45) is 23.7 Å². The number of aliphatic hydroxyl groups is 3. The van der Waals surface area contributed by atoms with E-state index in [0.29, 0.717) is 12.8 Å². The number of esters is 1. The van der Waals surface area contributed by atoms with Crippen LogP contribution in [0.4, 0.5) is 0 Å². The molecule has 8 heteroatoms. The zero-order valence-electron chi connectivity index (χ0n) is 21.6. The van der Waals surface area contributed by atoms with Crippen LogP contribution in [0, 0.1) is 23.7 Å². The average Bonchev–Trinajstić information content (AvgIpc) is 2.65. The van der Waals surface area contributed by atoms with Crippen LogP contribution in [0.3, 0.4) is 0 Å². The Hall–Kier alpha value is -0.700. The van der Waals surface area contributed by atoms with Crippen molar-refractivity contribution in [1.29, 1.82) is 0 Å². The number of carboxylic acids is 1. The van der Waals surface area contributed by atoms with Gasteiger partial charge in [-0.05, 0) is 43.1 Å². The first-order valence-electron chi connectivity index (χ1n) is 12.2. The van der Waals surface area contributed by atoms with Crippen molar-refractivity contribution in [1.82, 2.24) is 0 Å². The number of carbonyl (C=O) groups excluding carboxylic acids is 2. The van der Waals surface area contributed by atoms with E-state index < -0.39 is 55.5 Å². The maximum atomic E-state index is 12.7. The molecule has 3 N–H and O–H groups in total. The predicted octanol–water partition coefficient (Wildman–Crippen LogP) is -1.89. The van der Waals surface area contributed by atoms with Crippen LogP contribution in [0.25, 0.3) is 0 Å². The molecule has 0 aromatic heterocycles.